The monoisotopic (exact) mass is 322 g/mol. The summed E-state index contributed by atoms with van der Waals surface area (Å²) in [5.74, 6) is 2.65. The summed E-state index contributed by atoms with van der Waals surface area (Å²) in [5.41, 5.74) is 3.73. The van der Waals surface area contributed by atoms with E-state index in [1.807, 2.05) is 0 Å². The first kappa shape index (κ1) is 14.1. The Labute approximate surface area is 141 Å². The van der Waals surface area contributed by atoms with Crippen LogP contribution >= 0.6 is 0 Å². The van der Waals surface area contributed by atoms with Crippen LogP contribution in [0.4, 0.5) is 11.6 Å². The van der Waals surface area contributed by atoms with Gasteiger partial charge in [-0.2, -0.15) is 10.2 Å². The second-order valence-electron chi connectivity index (χ2n) is 7.29. The van der Waals surface area contributed by atoms with E-state index >= 15 is 0 Å². The summed E-state index contributed by atoms with van der Waals surface area (Å²) in [6.07, 6.45) is 5.99. The van der Waals surface area contributed by atoms with Crippen molar-refractivity contribution in [3.05, 3.63) is 35.2 Å². The second kappa shape index (κ2) is 5.40. The number of aryl methyl sites for hydroxylation is 2. The first-order valence-corrected chi connectivity index (χ1v) is 8.95. The van der Waals surface area contributed by atoms with Crippen LogP contribution in [-0.4, -0.2) is 46.6 Å². The molecule has 0 N–H and O–H groups in total. The molecule has 1 aliphatic heterocycles. The number of aromatic nitrogens is 4. The molecule has 2 aliphatic carbocycles. The standard InChI is InChI=1S/C18H22N6/c1-23(17-8-7-16(20-21-17)12-5-6-12)14-10-24(11-14)18-9-13-3-2-4-15(13)19-22-18/h7-9,12,14H,2-6,10-11H2,1H3. The third-order valence-corrected chi connectivity index (χ3v) is 5.57. The Balaban J connectivity index is 1.24. The molecule has 3 heterocycles. The van der Waals surface area contributed by atoms with Gasteiger partial charge in [0, 0.05) is 26.1 Å². The van der Waals surface area contributed by atoms with Gasteiger partial charge in [0.2, 0.25) is 0 Å². The van der Waals surface area contributed by atoms with Crippen LogP contribution in [0.5, 0.6) is 0 Å². The van der Waals surface area contributed by atoms with Crippen molar-refractivity contribution < 1.29 is 0 Å². The number of rotatable bonds is 4. The van der Waals surface area contributed by atoms with Gasteiger partial charge in [-0.05, 0) is 55.9 Å². The van der Waals surface area contributed by atoms with Gasteiger partial charge in [-0.15, -0.1) is 10.2 Å². The molecule has 24 heavy (non-hydrogen) atoms. The summed E-state index contributed by atoms with van der Waals surface area (Å²) >= 11 is 0. The normalized spacial score (nSPS) is 20.0. The van der Waals surface area contributed by atoms with Crippen molar-refractivity contribution in [3.63, 3.8) is 0 Å². The molecule has 124 valence electrons. The van der Waals surface area contributed by atoms with Gasteiger partial charge >= 0.3 is 0 Å². The Kier molecular flexibility index (Phi) is 3.18. The Morgan fingerprint density at radius 3 is 2.67 bits per heavy atom. The highest BCUT2D eigenvalue weighted by Gasteiger charge is 2.33. The number of anilines is 2. The van der Waals surface area contributed by atoms with E-state index in [0.29, 0.717) is 12.0 Å². The lowest BCUT2D eigenvalue weighted by molar-refractivity contribution is 0.486. The summed E-state index contributed by atoms with van der Waals surface area (Å²) < 4.78 is 0. The van der Waals surface area contributed by atoms with Crippen LogP contribution in [-0.2, 0) is 12.8 Å². The molecule has 2 fully saturated rings. The zero-order valence-electron chi connectivity index (χ0n) is 14.0. The minimum absolute atomic E-state index is 0.459. The molecule has 6 nitrogen and oxygen atoms in total. The number of hydrogen-bond donors (Lipinski definition) is 0. The van der Waals surface area contributed by atoms with E-state index in [-0.39, 0.29) is 0 Å². The van der Waals surface area contributed by atoms with E-state index in [4.69, 9.17) is 0 Å². The summed E-state index contributed by atoms with van der Waals surface area (Å²) in [6.45, 7) is 1.94. The molecular formula is C18H22N6. The maximum absolute atomic E-state index is 4.42. The quantitative estimate of drug-likeness (QED) is 0.857. The molecule has 0 spiro atoms. The average Bonchev–Trinajstić information content (AvgIpc) is 3.31. The van der Waals surface area contributed by atoms with Crippen LogP contribution < -0.4 is 9.80 Å². The first-order chi connectivity index (χ1) is 11.8. The number of fused-ring (bicyclic) bond motifs is 1. The van der Waals surface area contributed by atoms with Crippen LogP contribution in [0.3, 0.4) is 0 Å². The van der Waals surface area contributed by atoms with Crippen LogP contribution in [0.1, 0.15) is 42.1 Å². The topological polar surface area (TPSA) is 58.0 Å². The average molecular weight is 322 g/mol. The van der Waals surface area contributed by atoms with Crippen LogP contribution in [0.25, 0.3) is 0 Å². The van der Waals surface area contributed by atoms with Gasteiger partial charge in [-0.1, -0.05) is 0 Å². The molecule has 0 bridgehead atoms. The molecule has 2 aromatic heterocycles. The lowest BCUT2D eigenvalue weighted by atomic mass is 10.1. The zero-order valence-corrected chi connectivity index (χ0v) is 14.0. The van der Waals surface area contributed by atoms with Crippen molar-refractivity contribution in [2.75, 3.05) is 29.9 Å². The predicted molar refractivity (Wildman–Crippen MR) is 92.5 cm³/mol. The largest absolute Gasteiger partial charge is 0.352 e. The van der Waals surface area contributed by atoms with Crippen LogP contribution in [0.15, 0.2) is 18.2 Å². The fourth-order valence-electron chi connectivity index (χ4n) is 3.67. The molecule has 1 saturated carbocycles. The molecular weight excluding hydrogens is 300 g/mol. The lowest BCUT2D eigenvalue weighted by Crippen LogP contribution is -2.59. The van der Waals surface area contributed by atoms with Gasteiger partial charge < -0.3 is 9.80 Å². The SMILES string of the molecule is CN(c1ccc(C2CC2)nn1)C1CN(c2cc3c(nn2)CCC3)C1. The second-order valence-corrected chi connectivity index (χ2v) is 7.29. The van der Waals surface area contributed by atoms with Crippen molar-refractivity contribution in [1.82, 2.24) is 20.4 Å². The van der Waals surface area contributed by atoms with Gasteiger partial charge in [0.1, 0.15) is 0 Å². The van der Waals surface area contributed by atoms with Crippen molar-refractivity contribution in [2.45, 2.75) is 44.1 Å². The molecule has 2 aromatic rings. The van der Waals surface area contributed by atoms with Gasteiger partial charge in [-0.3, -0.25) is 0 Å². The maximum Gasteiger partial charge on any atom is 0.151 e. The Morgan fingerprint density at radius 2 is 1.92 bits per heavy atom. The van der Waals surface area contributed by atoms with E-state index < -0.39 is 0 Å². The molecule has 1 saturated heterocycles. The van der Waals surface area contributed by atoms with Gasteiger partial charge in [0.05, 0.1) is 17.4 Å². The Bertz CT molecular complexity index is 749. The minimum atomic E-state index is 0.459. The van der Waals surface area contributed by atoms with E-state index in [1.54, 1.807) is 0 Å². The third-order valence-electron chi connectivity index (χ3n) is 5.57. The molecule has 3 aliphatic rings. The molecule has 5 rings (SSSR count). The maximum atomic E-state index is 4.42. The third kappa shape index (κ3) is 2.41. The van der Waals surface area contributed by atoms with Gasteiger partial charge in [0.25, 0.3) is 0 Å². The highest BCUT2D eigenvalue weighted by atomic mass is 15.4. The van der Waals surface area contributed by atoms with Crippen LogP contribution in [0.2, 0.25) is 0 Å². The van der Waals surface area contributed by atoms with Crippen LogP contribution in [0, 0.1) is 0 Å². The molecule has 6 heteroatoms. The highest BCUT2D eigenvalue weighted by molar-refractivity contribution is 5.49. The van der Waals surface area contributed by atoms with E-state index in [0.717, 1.165) is 43.3 Å². The van der Waals surface area contributed by atoms with Gasteiger partial charge in [-0.25, -0.2) is 0 Å². The number of nitrogens with zero attached hydrogens (tertiary/aromatic N) is 6. The first-order valence-electron chi connectivity index (χ1n) is 8.95. The number of likely N-dealkylation sites (N-methyl/N-ethyl adjacent to an activating group) is 1. The summed E-state index contributed by atoms with van der Waals surface area (Å²) in [5, 5.41) is 17.6. The zero-order chi connectivity index (χ0) is 16.1. The smallest absolute Gasteiger partial charge is 0.151 e. The van der Waals surface area contributed by atoms with E-state index in [1.165, 1.54) is 30.5 Å². The minimum Gasteiger partial charge on any atom is -0.352 e. The molecule has 0 unspecified atom stereocenters. The molecule has 0 radical (unpaired) electrons. The van der Waals surface area contributed by atoms with E-state index in [9.17, 15) is 0 Å². The Morgan fingerprint density at radius 1 is 1.04 bits per heavy atom. The van der Waals surface area contributed by atoms with Crippen molar-refractivity contribution in [2.24, 2.45) is 0 Å². The summed E-state index contributed by atoms with van der Waals surface area (Å²) in [6, 6.07) is 6.94. The molecule has 0 aromatic carbocycles. The number of hydrogen-bond acceptors (Lipinski definition) is 6. The van der Waals surface area contributed by atoms with Crippen molar-refractivity contribution in [1.29, 1.82) is 0 Å². The van der Waals surface area contributed by atoms with Gasteiger partial charge in [0.15, 0.2) is 11.6 Å². The van der Waals surface area contributed by atoms with Crippen molar-refractivity contribution >= 4 is 11.6 Å². The van der Waals surface area contributed by atoms with E-state index in [2.05, 4.69) is 55.4 Å². The fraction of sp³-hybridized carbons (Fsp3) is 0.556. The molecule has 0 atom stereocenters. The Hall–Kier alpha value is -2.24. The van der Waals surface area contributed by atoms with Crippen molar-refractivity contribution in [3.8, 4) is 0 Å². The summed E-state index contributed by atoms with van der Waals surface area (Å²) in [7, 11) is 2.11. The fourth-order valence-corrected chi connectivity index (χ4v) is 3.67. The predicted octanol–water partition coefficient (Wildman–Crippen LogP) is 1.96. The molecule has 0 amide bonds. The summed E-state index contributed by atoms with van der Waals surface area (Å²) in [4.78, 5) is 4.54. The highest BCUT2D eigenvalue weighted by Crippen LogP contribution is 2.38. The lowest BCUT2D eigenvalue weighted by Gasteiger charge is -2.44.